The molecule has 3 rings (SSSR count). The number of H-pyrrole nitrogens is 1. The minimum Gasteiger partial charge on any atom is -0.258 e. The van der Waals surface area contributed by atoms with Crippen LogP contribution in [-0.4, -0.2) is 10.0 Å². The number of nitro groups is 1. The van der Waals surface area contributed by atoms with Crippen LogP contribution in [0.3, 0.4) is 0 Å². The first-order valence-corrected chi connectivity index (χ1v) is 7.40. The summed E-state index contributed by atoms with van der Waals surface area (Å²) in [4.78, 5) is 10.6. The van der Waals surface area contributed by atoms with Crippen LogP contribution in [0, 0.1) is 30.9 Å². The van der Waals surface area contributed by atoms with E-state index in [0.717, 1.165) is 28.2 Å². The lowest BCUT2D eigenvalue weighted by atomic mass is 10.0. The Labute approximate surface area is 134 Å². The van der Waals surface area contributed by atoms with Crippen LogP contribution < -0.4 is 4.68 Å². The number of nitrogens with one attached hydrogen (secondary N) is 1. The van der Waals surface area contributed by atoms with Gasteiger partial charge in [0.05, 0.1) is 16.2 Å². The van der Waals surface area contributed by atoms with Crippen molar-refractivity contribution in [3.05, 3.63) is 75.6 Å². The Morgan fingerprint density at radius 1 is 1.04 bits per heavy atom. The predicted octanol–water partition coefficient (Wildman–Crippen LogP) is 3.79. The smallest absolute Gasteiger partial charge is 0.258 e. The van der Waals surface area contributed by atoms with Gasteiger partial charge in [0.1, 0.15) is 0 Å². The van der Waals surface area contributed by atoms with Crippen LogP contribution in [0.15, 0.2) is 48.5 Å². The van der Waals surface area contributed by atoms with Crippen molar-refractivity contribution >= 4 is 5.69 Å². The van der Waals surface area contributed by atoms with Crippen LogP contribution in [0.5, 0.6) is 0 Å². The first kappa shape index (κ1) is 15.0. The number of benzene rings is 2. The first-order chi connectivity index (χ1) is 11.0. The molecule has 0 aliphatic rings. The fourth-order valence-corrected chi connectivity index (χ4v) is 2.84. The molecule has 0 unspecified atom stereocenters. The van der Waals surface area contributed by atoms with Crippen molar-refractivity contribution in [1.29, 1.82) is 0 Å². The zero-order chi connectivity index (χ0) is 16.6. The standard InChI is InChI=1S/C18H17N3O2/c1-12-7-9-16(10-8-12)20-14(3)18(13(2)19-20)15-5-4-6-17(11-15)21(22)23/h4-11H,1-3H3/p+1. The Hall–Kier alpha value is -2.95. The Morgan fingerprint density at radius 2 is 1.74 bits per heavy atom. The molecule has 0 aliphatic heterocycles. The van der Waals surface area contributed by atoms with E-state index in [0.29, 0.717) is 0 Å². The highest BCUT2D eigenvalue weighted by molar-refractivity contribution is 5.69. The molecule has 0 atom stereocenters. The van der Waals surface area contributed by atoms with Gasteiger partial charge in [-0.3, -0.25) is 10.1 Å². The molecule has 0 saturated heterocycles. The predicted molar refractivity (Wildman–Crippen MR) is 88.6 cm³/mol. The molecule has 0 saturated carbocycles. The topological polar surface area (TPSA) is 62.8 Å². The van der Waals surface area contributed by atoms with Crippen molar-refractivity contribution in [1.82, 2.24) is 5.10 Å². The number of hydrogen-bond acceptors (Lipinski definition) is 2. The fourth-order valence-electron chi connectivity index (χ4n) is 2.84. The summed E-state index contributed by atoms with van der Waals surface area (Å²) in [6.07, 6.45) is 0. The molecule has 0 radical (unpaired) electrons. The molecular formula is C18H18N3O2+. The van der Waals surface area contributed by atoms with Crippen LogP contribution in [0.25, 0.3) is 16.8 Å². The van der Waals surface area contributed by atoms with E-state index in [9.17, 15) is 10.1 Å². The van der Waals surface area contributed by atoms with E-state index >= 15 is 0 Å². The normalized spacial score (nSPS) is 10.7. The minimum absolute atomic E-state index is 0.101. The Morgan fingerprint density at radius 3 is 2.39 bits per heavy atom. The van der Waals surface area contributed by atoms with Crippen LogP contribution >= 0.6 is 0 Å². The summed E-state index contributed by atoms with van der Waals surface area (Å²) in [7, 11) is 0. The quantitative estimate of drug-likeness (QED) is 0.454. The SMILES string of the molecule is Cc1ccc(-[n+]2[nH]c(C)c(-c3cccc([N+](=O)[O-])c3)c2C)cc1. The van der Waals surface area contributed by atoms with Crippen LogP contribution in [0.4, 0.5) is 5.69 Å². The van der Waals surface area contributed by atoms with Gasteiger partial charge in [-0.25, -0.2) is 0 Å². The summed E-state index contributed by atoms with van der Waals surface area (Å²) in [6.45, 7) is 6.04. The van der Waals surface area contributed by atoms with Gasteiger partial charge in [-0.15, -0.1) is 0 Å². The Balaban J connectivity index is 2.13. The zero-order valence-corrected chi connectivity index (χ0v) is 13.3. The highest BCUT2D eigenvalue weighted by Crippen LogP contribution is 2.28. The molecule has 0 fully saturated rings. The lowest BCUT2D eigenvalue weighted by molar-refractivity contribution is -0.661. The van der Waals surface area contributed by atoms with Crippen LogP contribution in [-0.2, 0) is 0 Å². The van der Waals surface area contributed by atoms with Gasteiger partial charge in [-0.1, -0.05) is 34.5 Å². The van der Waals surface area contributed by atoms with Crippen molar-refractivity contribution in [2.75, 3.05) is 0 Å². The maximum Gasteiger partial charge on any atom is 0.270 e. The van der Waals surface area contributed by atoms with E-state index < -0.39 is 0 Å². The van der Waals surface area contributed by atoms with Crippen molar-refractivity contribution in [3.63, 3.8) is 0 Å². The van der Waals surface area contributed by atoms with Gasteiger partial charge >= 0.3 is 0 Å². The average molecular weight is 308 g/mol. The van der Waals surface area contributed by atoms with Crippen molar-refractivity contribution in [3.8, 4) is 16.8 Å². The largest absolute Gasteiger partial charge is 0.270 e. The summed E-state index contributed by atoms with van der Waals surface area (Å²) in [5.74, 6) is 0. The van der Waals surface area contributed by atoms with Gasteiger partial charge in [0.25, 0.3) is 5.69 Å². The van der Waals surface area contributed by atoms with E-state index in [4.69, 9.17) is 0 Å². The molecule has 0 aliphatic carbocycles. The van der Waals surface area contributed by atoms with Crippen LogP contribution in [0.2, 0.25) is 0 Å². The first-order valence-electron chi connectivity index (χ1n) is 7.40. The number of nitro benzene ring substituents is 1. The van der Waals surface area contributed by atoms with Gasteiger partial charge in [-0.05, 0) is 19.4 Å². The number of aryl methyl sites for hydroxylation is 2. The third kappa shape index (κ3) is 2.73. The summed E-state index contributed by atoms with van der Waals surface area (Å²) < 4.78 is 2.00. The number of aromatic nitrogens is 2. The maximum absolute atomic E-state index is 11.0. The van der Waals surface area contributed by atoms with Crippen molar-refractivity contribution in [2.45, 2.75) is 20.8 Å². The highest BCUT2D eigenvalue weighted by Gasteiger charge is 2.23. The lowest BCUT2D eigenvalue weighted by Gasteiger charge is -1.99. The number of aromatic amines is 1. The second-order valence-corrected chi connectivity index (χ2v) is 5.68. The summed E-state index contributed by atoms with van der Waals surface area (Å²) in [6, 6.07) is 15.0. The van der Waals surface area contributed by atoms with Gasteiger partial charge in [0.15, 0.2) is 0 Å². The molecule has 2 aromatic carbocycles. The monoisotopic (exact) mass is 308 g/mol. The van der Waals surface area contributed by atoms with E-state index in [1.54, 1.807) is 12.1 Å². The molecule has 5 nitrogen and oxygen atoms in total. The van der Waals surface area contributed by atoms with Crippen LogP contribution in [0.1, 0.15) is 17.0 Å². The van der Waals surface area contributed by atoms with E-state index in [1.165, 1.54) is 11.6 Å². The molecule has 3 aromatic rings. The highest BCUT2D eigenvalue weighted by atomic mass is 16.6. The minimum atomic E-state index is -0.366. The van der Waals surface area contributed by atoms with E-state index in [1.807, 2.05) is 24.6 Å². The van der Waals surface area contributed by atoms with Gasteiger partial charge in [0.2, 0.25) is 11.4 Å². The third-order valence-electron chi connectivity index (χ3n) is 3.99. The molecule has 23 heavy (non-hydrogen) atoms. The second kappa shape index (κ2) is 5.68. The molecule has 1 heterocycles. The molecular weight excluding hydrogens is 290 g/mol. The average Bonchev–Trinajstić information content (AvgIpc) is 2.83. The summed E-state index contributed by atoms with van der Waals surface area (Å²) >= 11 is 0. The number of hydrogen-bond donors (Lipinski definition) is 1. The summed E-state index contributed by atoms with van der Waals surface area (Å²) in [5, 5.41) is 14.3. The summed E-state index contributed by atoms with van der Waals surface area (Å²) in [5.41, 5.74) is 6.17. The molecule has 5 heteroatoms. The number of nitrogens with zero attached hydrogens (tertiary/aromatic N) is 2. The molecule has 116 valence electrons. The Bertz CT molecular complexity index is 880. The lowest BCUT2D eigenvalue weighted by Crippen LogP contribution is -2.35. The molecule has 1 N–H and O–H groups in total. The number of rotatable bonds is 3. The fraction of sp³-hybridized carbons (Fsp3) is 0.167. The van der Waals surface area contributed by atoms with Gasteiger partial charge < -0.3 is 0 Å². The van der Waals surface area contributed by atoms with Gasteiger partial charge in [0, 0.05) is 31.2 Å². The van der Waals surface area contributed by atoms with Crippen molar-refractivity contribution in [2.24, 2.45) is 0 Å². The zero-order valence-electron chi connectivity index (χ0n) is 13.3. The van der Waals surface area contributed by atoms with Crippen molar-refractivity contribution < 1.29 is 9.61 Å². The molecule has 0 amide bonds. The molecule has 0 spiro atoms. The Kier molecular flexibility index (Phi) is 3.70. The maximum atomic E-state index is 11.0. The molecule has 0 bridgehead atoms. The second-order valence-electron chi connectivity index (χ2n) is 5.68. The third-order valence-corrected chi connectivity index (χ3v) is 3.99. The van der Waals surface area contributed by atoms with E-state index in [-0.39, 0.29) is 10.6 Å². The molecule has 1 aromatic heterocycles. The van der Waals surface area contributed by atoms with E-state index in [2.05, 4.69) is 36.3 Å². The van der Waals surface area contributed by atoms with Gasteiger partial charge in [-0.2, -0.15) is 5.10 Å². The number of non-ortho nitro benzene ring substituents is 1.